The maximum atomic E-state index is 13.0. The van der Waals surface area contributed by atoms with Crippen LogP contribution in [0.3, 0.4) is 0 Å². The third-order valence-corrected chi connectivity index (χ3v) is 4.08. The minimum Gasteiger partial charge on any atom is -0.390 e. The van der Waals surface area contributed by atoms with Crippen LogP contribution in [0.25, 0.3) is 0 Å². The van der Waals surface area contributed by atoms with E-state index in [0.29, 0.717) is 13.1 Å². The molecule has 21 heavy (non-hydrogen) atoms. The molecule has 1 aliphatic rings. The number of benzene rings is 1. The molecule has 1 N–H and O–H groups in total. The highest BCUT2D eigenvalue weighted by molar-refractivity contribution is 5.19. The third kappa shape index (κ3) is 5.04. The van der Waals surface area contributed by atoms with Crippen LogP contribution in [0, 0.1) is 5.82 Å². The van der Waals surface area contributed by atoms with Gasteiger partial charge in [0.05, 0.1) is 19.3 Å². The van der Waals surface area contributed by atoms with Crippen molar-refractivity contribution < 1.29 is 14.2 Å². The van der Waals surface area contributed by atoms with E-state index < -0.39 is 6.10 Å². The van der Waals surface area contributed by atoms with Crippen LogP contribution in [0.5, 0.6) is 0 Å². The molecule has 1 saturated heterocycles. The summed E-state index contributed by atoms with van der Waals surface area (Å²) in [6.45, 7) is 6.58. The van der Waals surface area contributed by atoms with E-state index in [1.165, 1.54) is 12.1 Å². The predicted molar refractivity (Wildman–Crippen MR) is 80.7 cm³/mol. The number of nitrogens with zero attached hydrogens (tertiary/aromatic N) is 2. The summed E-state index contributed by atoms with van der Waals surface area (Å²) >= 11 is 0. The summed E-state index contributed by atoms with van der Waals surface area (Å²) in [7, 11) is 1.98. The Kier molecular flexibility index (Phi) is 6.11. The molecule has 0 radical (unpaired) electrons. The second-order valence-corrected chi connectivity index (χ2v) is 5.73. The Bertz CT molecular complexity index is 421. The minimum atomic E-state index is -0.393. The summed E-state index contributed by atoms with van der Waals surface area (Å²) in [5.41, 5.74) is 1.05. The third-order valence-electron chi connectivity index (χ3n) is 4.08. The number of hydrogen-bond donors (Lipinski definition) is 1. The van der Waals surface area contributed by atoms with Crippen LogP contribution in [-0.4, -0.2) is 67.5 Å². The van der Waals surface area contributed by atoms with Crippen molar-refractivity contribution in [3.8, 4) is 0 Å². The summed E-state index contributed by atoms with van der Waals surface area (Å²) in [5, 5.41) is 10.2. The van der Waals surface area contributed by atoms with Gasteiger partial charge in [0.1, 0.15) is 5.82 Å². The molecule has 0 saturated carbocycles. The fourth-order valence-corrected chi connectivity index (χ4v) is 2.63. The van der Waals surface area contributed by atoms with Gasteiger partial charge in [0.15, 0.2) is 0 Å². The van der Waals surface area contributed by atoms with Gasteiger partial charge in [-0.3, -0.25) is 9.80 Å². The standard InChI is InChI=1S/C16H25FN2O2/c1-13(14-3-5-15(17)6-4-14)18(2)11-16(20)12-19-7-9-21-10-8-19/h3-6,13,16,20H,7-12H2,1-2H3. The number of aliphatic hydroxyl groups is 1. The van der Waals surface area contributed by atoms with Gasteiger partial charge in [-0.05, 0) is 31.7 Å². The monoisotopic (exact) mass is 296 g/mol. The van der Waals surface area contributed by atoms with E-state index in [0.717, 1.165) is 31.9 Å². The molecule has 1 aromatic carbocycles. The van der Waals surface area contributed by atoms with E-state index in [1.54, 1.807) is 12.1 Å². The highest BCUT2D eigenvalue weighted by atomic mass is 19.1. The average Bonchev–Trinajstić information content (AvgIpc) is 2.48. The molecule has 1 aromatic rings. The van der Waals surface area contributed by atoms with E-state index in [9.17, 15) is 9.50 Å². The molecule has 1 aliphatic heterocycles. The number of aliphatic hydroxyl groups excluding tert-OH is 1. The smallest absolute Gasteiger partial charge is 0.123 e. The van der Waals surface area contributed by atoms with Gasteiger partial charge >= 0.3 is 0 Å². The average molecular weight is 296 g/mol. The topological polar surface area (TPSA) is 35.9 Å². The highest BCUT2D eigenvalue weighted by Crippen LogP contribution is 2.19. The van der Waals surface area contributed by atoms with Crippen LogP contribution >= 0.6 is 0 Å². The van der Waals surface area contributed by atoms with E-state index in [1.807, 2.05) is 7.05 Å². The summed E-state index contributed by atoms with van der Waals surface area (Å²) in [6.07, 6.45) is -0.393. The molecule has 2 unspecified atom stereocenters. The number of likely N-dealkylation sites (N-methyl/N-ethyl adjacent to an activating group) is 1. The Morgan fingerprint density at radius 1 is 1.29 bits per heavy atom. The second kappa shape index (κ2) is 7.84. The van der Waals surface area contributed by atoms with Crippen LogP contribution in [0.4, 0.5) is 4.39 Å². The fourth-order valence-electron chi connectivity index (χ4n) is 2.63. The van der Waals surface area contributed by atoms with Gasteiger partial charge in [-0.15, -0.1) is 0 Å². The van der Waals surface area contributed by atoms with Crippen molar-refractivity contribution in [2.45, 2.75) is 19.1 Å². The van der Waals surface area contributed by atoms with E-state index >= 15 is 0 Å². The van der Waals surface area contributed by atoms with Crippen LogP contribution in [-0.2, 0) is 4.74 Å². The lowest BCUT2D eigenvalue weighted by Crippen LogP contribution is -2.44. The van der Waals surface area contributed by atoms with E-state index in [-0.39, 0.29) is 11.9 Å². The lowest BCUT2D eigenvalue weighted by atomic mass is 10.1. The van der Waals surface area contributed by atoms with Gasteiger partial charge in [-0.1, -0.05) is 12.1 Å². The van der Waals surface area contributed by atoms with Crippen LogP contribution < -0.4 is 0 Å². The Hall–Kier alpha value is -1.01. The zero-order valence-electron chi connectivity index (χ0n) is 12.8. The van der Waals surface area contributed by atoms with Crippen LogP contribution in [0.2, 0.25) is 0 Å². The van der Waals surface area contributed by atoms with Crippen molar-refractivity contribution in [1.82, 2.24) is 9.80 Å². The van der Waals surface area contributed by atoms with Gasteiger partial charge < -0.3 is 9.84 Å². The first-order chi connectivity index (χ1) is 10.1. The molecule has 5 heteroatoms. The minimum absolute atomic E-state index is 0.143. The lowest BCUT2D eigenvalue weighted by Gasteiger charge is -2.32. The fraction of sp³-hybridized carbons (Fsp3) is 0.625. The number of ether oxygens (including phenoxy) is 1. The van der Waals surface area contributed by atoms with Crippen molar-refractivity contribution >= 4 is 0 Å². The molecule has 118 valence electrons. The number of hydrogen-bond acceptors (Lipinski definition) is 4. The van der Waals surface area contributed by atoms with Gasteiger partial charge in [0, 0.05) is 32.2 Å². The molecule has 1 heterocycles. The van der Waals surface area contributed by atoms with Crippen LogP contribution in [0.1, 0.15) is 18.5 Å². The quantitative estimate of drug-likeness (QED) is 0.863. The summed E-state index contributed by atoms with van der Waals surface area (Å²) in [6, 6.07) is 6.69. The maximum absolute atomic E-state index is 13.0. The largest absolute Gasteiger partial charge is 0.390 e. The normalized spacial score (nSPS) is 19.7. The van der Waals surface area contributed by atoms with Gasteiger partial charge in [-0.25, -0.2) is 4.39 Å². The number of halogens is 1. The molecule has 2 rings (SSSR count). The van der Waals surface area contributed by atoms with Crippen molar-refractivity contribution in [2.24, 2.45) is 0 Å². The highest BCUT2D eigenvalue weighted by Gasteiger charge is 2.19. The van der Waals surface area contributed by atoms with E-state index in [4.69, 9.17) is 4.74 Å². The SMILES string of the molecule is CC(c1ccc(F)cc1)N(C)CC(O)CN1CCOCC1. The Morgan fingerprint density at radius 3 is 2.52 bits per heavy atom. The predicted octanol–water partition coefficient (Wildman–Crippen LogP) is 1.51. The van der Waals surface area contributed by atoms with Crippen molar-refractivity contribution in [3.63, 3.8) is 0 Å². The van der Waals surface area contributed by atoms with Crippen molar-refractivity contribution in [1.29, 1.82) is 0 Å². The lowest BCUT2D eigenvalue weighted by molar-refractivity contribution is 0.00626. The molecule has 0 bridgehead atoms. The van der Waals surface area contributed by atoms with E-state index in [2.05, 4.69) is 16.7 Å². The summed E-state index contributed by atoms with van der Waals surface area (Å²) < 4.78 is 18.3. The number of rotatable bonds is 6. The zero-order valence-corrected chi connectivity index (χ0v) is 12.8. The molecule has 0 aliphatic carbocycles. The van der Waals surface area contributed by atoms with Crippen molar-refractivity contribution in [3.05, 3.63) is 35.6 Å². The molecule has 4 nitrogen and oxygen atoms in total. The first-order valence-corrected chi connectivity index (χ1v) is 7.50. The molecule has 0 amide bonds. The molecule has 0 aromatic heterocycles. The van der Waals surface area contributed by atoms with Crippen molar-refractivity contribution in [2.75, 3.05) is 46.4 Å². The Balaban J connectivity index is 1.81. The number of morpholine rings is 1. The first kappa shape index (κ1) is 16.4. The molecule has 0 spiro atoms. The second-order valence-electron chi connectivity index (χ2n) is 5.73. The first-order valence-electron chi connectivity index (χ1n) is 7.50. The maximum Gasteiger partial charge on any atom is 0.123 e. The van der Waals surface area contributed by atoms with Crippen LogP contribution in [0.15, 0.2) is 24.3 Å². The molecule has 1 fully saturated rings. The molecule has 2 atom stereocenters. The van der Waals surface area contributed by atoms with Gasteiger partial charge in [-0.2, -0.15) is 0 Å². The summed E-state index contributed by atoms with van der Waals surface area (Å²) in [5.74, 6) is -0.221. The Labute approximate surface area is 126 Å². The summed E-state index contributed by atoms with van der Waals surface area (Å²) in [4.78, 5) is 4.32. The Morgan fingerprint density at radius 2 is 1.90 bits per heavy atom. The van der Waals surface area contributed by atoms with Gasteiger partial charge in [0.2, 0.25) is 0 Å². The zero-order chi connectivity index (χ0) is 15.2. The van der Waals surface area contributed by atoms with Gasteiger partial charge in [0.25, 0.3) is 0 Å². The molecular weight excluding hydrogens is 271 g/mol. The number of β-amino-alcohol motifs (C(OH)–C–C–N with tert-alkyl or cyclic N) is 1. The molecular formula is C16H25FN2O2.